The van der Waals surface area contributed by atoms with E-state index < -0.39 is 0 Å². The molecule has 0 bridgehead atoms. The van der Waals surface area contributed by atoms with Crippen LogP contribution >= 0.6 is 0 Å². The Hall–Kier alpha value is -0.160. The van der Waals surface area contributed by atoms with Gasteiger partial charge in [0, 0.05) is 32.3 Å². The number of nitrogens with one attached hydrogen (secondary N) is 1. The topological polar surface area (TPSA) is 44.7 Å². The van der Waals surface area contributed by atoms with E-state index in [0.717, 1.165) is 19.5 Å². The predicted octanol–water partition coefficient (Wildman–Crippen LogP) is 0.849. The molecule has 1 aliphatic heterocycles. The van der Waals surface area contributed by atoms with E-state index in [1.54, 1.807) is 7.11 Å². The molecular formula is C13H28N2O2. The number of likely N-dealkylation sites (tertiary alicyclic amines) is 1. The summed E-state index contributed by atoms with van der Waals surface area (Å²) < 4.78 is 5.21. The molecule has 0 radical (unpaired) electrons. The van der Waals surface area contributed by atoms with Crippen molar-refractivity contribution in [2.24, 2.45) is 0 Å². The molecule has 17 heavy (non-hydrogen) atoms. The minimum absolute atomic E-state index is 0.0979. The summed E-state index contributed by atoms with van der Waals surface area (Å²) in [4.78, 5) is 2.52. The van der Waals surface area contributed by atoms with Gasteiger partial charge in [-0.15, -0.1) is 0 Å². The molecule has 0 spiro atoms. The smallest absolute Gasteiger partial charge is 0.0642 e. The lowest BCUT2D eigenvalue weighted by molar-refractivity contribution is 0.0947. The van der Waals surface area contributed by atoms with Crippen LogP contribution in [0.3, 0.4) is 0 Å². The van der Waals surface area contributed by atoms with Crippen molar-refractivity contribution in [3.8, 4) is 0 Å². The van der Waals surface area contributed by atoms with Crippen LogP contribution in [0.4, 0.5) is 0 Å². The molecule has 0 amide bonds. The number of rotatable bonds is 8. The first-order chi connectivity index (χ1) is 8.20. The Bertz CT molecular complexity index is 188. The van der Waals surface area contributed by atoms with Gasteiger partial charge in [0.15, 0.2) is 0 Å². The third-order valence-electron chi connectivity index (χ3n) is 3.55. The minimum atomic E-state index is -0.0979. The summed E-state index contributed by atoms with van der Waals surface area (Å²) in [7, 11) is 1.71. The number of piperidine rings is 1. The van der Waals surface area contributed by atoms with Gasteiger partial charge in [0.25, 0.3) is 0 Å². The number of ether oxygens (including phenoxy) is 1. The fraction of sp³-hybridized carbons (Fsp3) is 1.00. The second kappa shape index (κ2) is 8.03. The highest BCUT2D eigenvalue weighted by atomic mass is 16.5. The summed E-state index contributed by atoms with van der Waals surface area (Å²) in [5.41, 5.74) is -0.0979. The fourth-order valence-electron chi connectivity index (χ4n) is 2.48. The average Bonchev–Trinajstić information content (AvgIpc) is 2.31. The summed E-state index contributed by atoms with van der Waals surface area (Å²) in [6, 6.07) is 0. The molecule has 0 aromatic carbocycles. The monoisotopic (exact) mass is 244 g/mol. The number of hydrogen-bond acceptors (Lipinski definition) is 4. The van der Waals surface area contributed by atoms with E-state index in [-0.39, 0.29) is 12.1 Å². The largest absolute Gasteiger partial charge is 0.396 e. The van der Waals surface area contributed by atoms with Crippen LogP contribution in [0.5, 0.6) is 0 Å². The van der Waals surface area contributed by atoms with Crippen molar-refractivity contribution in [1.29, 1.82) is 0 Å². The summed E-state index contributed by atoms with van der Waals surface area (Å²) in [6.07, 6.45) is 4.80. The van der Waals surface area contributed by atoms with Crippen LogP contribution in [0.15, 0.2) is 0 Å². The second-order valence-electron chi connectivity index (χ2n) is 5.30. The maximum absolute atomic E-state index is 9.07. The molecule has 4 heteroatoms. The lowest BCUT2D eigenvalue weighted by Crippen LogP contribution is -2.50. The Morgan fingerprint density at radius 1 is 1.29 bits per heavy atom. The van der Waals surface area contributed by atoms with Crippen molar-refractivity contribution in [3.63, 3.8) is 0 Å². The van der Waals surface area contributed by atoms with E-state index in [2.05, 4.69) is 17.1 Å². The number of aliphatic hydroxyl groups is 1. The normalized spacial score (nSPS) is 21.4. The Labute approximate surface area is 105 Å². The second-order valence-corrected chi connectivity index (χ2v) is 5.30. The zero-order chi connectivity index (χ0) is 12.6. The highest BCUT2D eigenvalue weighted by Crippen LogP contribution is 2.10. The molecule has 1 unspecified atom stereocenters. The lowest BCUT2D eigenvalue weighted by Gasteiger charge is -2.32. The van der Waals surface area contributed by atoms with Crippen molar-refractivity contribution >= 4 is 0 Å². The average molecular weight is 244 g/mol. The maximum Gasteiger partial charge on any atom is 0.0642 e. The number of methoxy groups -OCH3 is 1. The number of hydrogen-bond donors (Lipinski definition) is 2. The van der Waals surface area contributed by atoms with Crippen molar-refractivity contribution < 1.29 is 9.84 Å². The number of nitrogens with zero attached hydrogens (tertiary/aromatic N) is 1. The Kier molecular flexibility index (Phi) is 7.04. The third-order valence-corrected chi connectivity index (χ3v) is 3.55. The van der Waals surface area contributed by atoms with Crippen molar-refractivity contribution in [2.75, 3.05) is 46.5 Å². The Balaban J connectivity index is 2.21. The van der Waals surface area contributed by atoms with Gasteiger partial charge in [0.2, 0.25) is 0 Å². The van der Waals surface area contributed by atoms with Gasteiger partial charge in [0.1, 0.15) is 0 Å². The molecular weight excluding hydrogens is 216 g/mol. The van der Waals surface area contributed by atoms with Gasteiger partial charge in [-0.1, -0.05) is 6.42 Å². The summed E-state index contributed by atoms with van der Waals surface area (Å²) in [5.74, 6) is 0. The van der Waals surface area contributed by atoms with Gasteiger partial charge >= 0.3 is 0 Å². The molecule has 0 aromatic heterocycles. The van der Waals surface area contributed by atoms with Gasteiger partial charge in [-0.05, 0) is 39.3 Å². The Morgan fingerprint density at radius 3 is 2.59 bits per heavy atom. The SMILES string of the molecule is COCC(C)(CCO)NCCN1CCCCC1. The first-order valence-electron chi connectivity index (χ1n) is 6.77. The molecule has 4 nitrogen and oxygen atoms in total. The highest BCUT2D eigenvalue weighted by Gasteiger charge is 2.23. The minimum Gasteiger partial charge on any atom is -0.396 e. The number of aliphatic hydroxyl groups excluding tert-OH is 1. The van der Waals surface area contributed by atoms with Gasteiger partial charge in [-0.25, -0.2) is 0 Å². The van der Waals surface area contributed by atoms with Crippen LogP contribution in [-0.2, 0) is 4.74 Å². The third kappa shape index (κ3) is 5.82. The van der Waals surface area contributed by atoms with Crippen LogP contribution in [0.2, 0.25) is 0 Å². The quantitative estimate of drug-likeness (QED) is 0.664. The molecule has 1 rings (SSSR count). The summed E-state index contributed by atoms with van der Waals surface area (Å²) >= 11 is 0. The van der Waals surface area contributed by atoms with Crippen molar-refractivity contribution in [1.82, 2.24) is 10.2 Å². The summed E-state index contributed by atoms with van der Waals surface area (Å²) in [5, 5.41) is 12.6. The molecule has 1 fully saturated rings. The van der Waals surface area contributed by atoms with Gasteiger partial charge in [-0.2, -0.15) is 0 Å². The van der Waals surface area contributed by atoms with Crippen molar-refractivity contribution in [3.05, 3.63) is 0 Å². The van der Waals surface area contributed by atoms with Crippen LogP contribution in [0.1, 0.15) is 32.6 Å². The lowest BCUT2D eigenvalue weighted by atomic mass is 9.99. The van der Waals surface area contributed by atoms with Crippen LogP contribution < -0.4 is 5.32 Å². The Morgan fingerprint density at radius 2 is 2.00 bits per heavy atom. The van der Waals surface area contributed by atoms with Crippen LogP contribution in [0, 0.1) is 0 Å². The van der Waals surface area contributed by atoms with Gasteiger partial charge in [0.05, 0.1) is 6.61 Å². The maximum atomic E-state index is 9.07. The fourth-order valence-corrected chi connectivity index (χ4v) is 2.48. The van der Waals surface area contributed by atoms with E-state index in [4.69, 9.17) is 9.84 Å². The first kappa shape index (κ1) is 14.9. The van der Waals surface area contributed by atoms with E-state index in [0.29, 0.717) is 6.61 Å². The zero-order valence-electron chi connectivity index (χ0n) is 11.4. The first-order valence-corrected chi connectivity index (χ1v) is 6.77. The van der Waals surface area contributed by atoms with Crippen LogP contribution in [0.25, 0.3) is 0 Å². The van der Waals surface area contributed by atoms with E-state index in [1.807, 2.05) is 0 Å². The molecule has 1 aliphatic rings. The van der Waals surface area contributed by atoms with Crippen molar-refractivity contribution in [2.45, 2.75) is 38.1 Å². The molecule has 1 heterocycles. The molecule has 1 saturated heterocycles. The van der Waals surface area contributed by atoms with E-state index in [1.165, 1.54) is 32.4 Å². The molecule has 2 N–H and O–H groups in total. The molecule has 0 aliphatic carbocycles. The molecule has 1 atom stereocenters. The van der Waals surface area contributed by atoms with Gasteiger partial charge in [-0.3, -0.25) is 0 Å². The molecule has 0 aromatic rings. The molecule has 102 valence electrons. The molecule has 0 saturated carbocycles. The highest BCUT2D eigenvalue weighted by molar-refractivity contribution is 4.83. The zero-order valence-corrected chi connectivity index (χ0v) is 11.4. The van der Waals surface area contributed by atoms with E-state index in [9.17, 15) is 0 Å². The van der Waals surface area contributed by atoms with E-state index >= 15 is 0 Å². The van der Waals surface area contributed by atoms with Crippen LogP contribution in [-0.4, -0.2) is 62.0 Å². The van der Waals surface area contributed by atoms with Gasteiger partial charge < -0.3 is 20.1 Å². The predicted molar refractivity (Wildman–Crippen MR) is 70.3 cm³/mol. The standard InChI is InChI=1S/C13H28N2O2/c1-13(6-11-16,12-17-2)14-7-10-15-8-4-3-5-9-15/h14,16H,3-12H2,1-2H3. The summed E-state index contributed by atoms with van der Waals surface area (Å²) in [6.45, 7) is 7.52.